The van der Waals surface area contributed by atoms with Gasteiger partial charge in [-0.25, -0.2) is 4.79 Å². The highest BCUT2D eigenvalue weighted by atomic mass is 35.5. The quantitative estimate of drug-likeness (QED) is 0.839. The molecule has 1 N–H and O–H groups in total. The molecular weight excluding hydrogens is 246 g/mol. The lowest BCUT2D eigenvalue weighted by atomic mass is 10.1. The minimum atomic E-state index is -3.96. The molecule has 0 aliphatic heterocycles. The van der Waals surface area contributed by atoms with Gasteiger partial charge in [0, 0.05) is 4.90 Å². The highest BCUT2D eigenvalue weighted by Gasteiger charge is 2.43. The summed E-state index contributed by atoms with van der Waals surface area (Å²) >= 11 is 6.85. The van der Waals surface area contributed by atoms with Crippen molar-refractivity contribution < 1.29 is 18.7 Å². The van der Waals surface area contributed by atoms with Crippen molar-refractivity contribution in [2.24, 2.45) is 0 Å². The van der Waals surface area contributed by atoms with Gasteiger partial charge in [0.05, 0.1) is 10.6 Å². The van der Waals surface area contributed by atoms with Crippen LogP contribution in [0.2, 0.25) is 5.02 Å². The molecule has 0 atom stereocenters. The standard InChI is InChI=1S/C9H7ClF2O2S/c1-15-6-4-2-3-5(7(6)10)9(11,12)8(13)14/h2-4H,1H3,(H,13,14). The fourth-order valence-electron chi connectivity index (χ4n) is 1.03. The molecule has 6 heteroatoms. The average molecular weight is 253 g/mol. The van der Waals surface area contributed by atoms with E-state index in [2.05, 4.69) is 0 Å². The number of halogens is 3. The first-order chi connectivity index (χ1) is 6.91. The highest BCUT2D eigenvalue weighted by molar-refractivity contribution is 7.98. The molecule has 15 heavy (non-hydrogen) atoms. The predicted molar refractivity (Wildman–Crippen MR) is 54.8 cm³/mol. The monoisotopic (exact) mass is 252 g/mol. The van der Waals surface area contributed by atoms with Crippen LogP contribution in [0, 0.1) is 0 Å². The molecule has 0 spiro atoms. The smallest absolute Gasteiger partial charge is 0.379 e. The number of carboxylic acids is 1. The van der Waals surface area contributed by atoms with Crippen molar-refractivity contribution in [3.05, 3.63) is 28.8 Å². The van der Waals surface area contributed by atoms with E-state index in [1.165, 1.54) is 17.8 Å². The van der Waals surface area contributed by atoms with Gasteiger partial charge in [0.2, 0.25) is 0 Å². The van der Waals surface area contributed by atoms with E-state index in [1.54, 1.807) is 12.3 Å². The molecule has 0 amide bonds. The first-order valence-corrected chi connectivity index (χ1v) is 5.45. The molecule has 0 aromatic heterocycles. The number of thioether (sulfide) groups is 1. The Balaban J connectivity index is 3.32. The largest absolute Gasteiger partial charge is 0.477 e. The van der Waals surface area contributed by atoms with E-state index in [0.717, 1.165) is 6.07 Å². The second kappa shape index (κ2) is 4.37. The summed E-state index contributed by atoms with van der Waals surface area (Å²) < 4.78 is 26.3. The Hall–Kier alpha value is -0.810. The number of carbonyl (C=O) groups is 1. The Kier molecular flexibility index (Phi) is 3.57. The van der Waals surface area contributed by atoms with Crippen molar-refractivity contribution in [1.82, 2.24) is 0 Å². The van der Waals surface area contributed by atoms with E-state index in [0.29, 0.717) is 4.90 Å². The molecule has 1 rings (SSSR count). The first-order valence-electron chi connectivity index (χ1n) is 3.85. The van der Waals surface area contributed by atoms with Crippen LogP contribution in [0.5, 0.6) is 0 Å². The summed E-state index contributed by atoms with van der Waals surface area (Å²) in [4.78, 5) is 10.8. The van der Waals surface area contributed by atoms with E-state index in [-0.39, 0.29) is 5.02 Å². The topological polar surface area (TPSA) is 37.3 Å². The van der Waals surface area contributed by atoms with Gasteiger partial charge in [-0.2, -0.15) is 8.78 Å². The SMILES string of the molecule is CSc1cccc(C(F)(F)C(=O)O)c1Cl. The van der Waals surface area contributed by atoms with Crippen molar-refractivity contribution in [1.29, 1.82) is 0 Å². The lowest BCUT2D eigenvalue weighted by Gasteiger charge is -2.14. The molecule has 0 aliphatic rings. The van der Waals surface area contributed by atoms with Gasteiger partial charge in [-0.3, -0.25) is 0 Å². The number of hydrogen-bond donors (Lipinski definition) is 1. The van der Waals surface area contributed by atoms with Crippen LogP contribution in [-0.4, -0.2) is 17.3 Å². The molecule has 0 heterocycles. The van der Waals surface area contributed by atoms with Crippen molar-refractivity contribution in [3.8, 4) is 0 Å². The van der Waals surface area contributed by atoms with Crippen molar-refractivity contribution in [2.75, 3.05) is 6.26 Å². The Labute approximate surface area is 94.2 Å². The molecule has 1 aromatic carbocycles. The van der Waals surface area contributed by atoms with Gasteiger partial charge in [-0.05, 0) is 12.3 Å². The number of aliphatic carboxylic acids is 1. The van der Waals surface area contributed by atoms with E-state index >= 15 is 0 Å². The fraction of sp³-hybridized carbons (Fsp3) is 0.222. The van der Waals surface area contributed by atoms with Crippen LogP contribution in [0.1, 0.15) is 5.56 Å². The van der Waals surface area contributed by atoms with Crippen LogP contribution in [0.25, 0.3) is 0 Å². The van der Waals surface area contributed by atoms with Crippen molar-refractivity contribution >= 4 is 29.3 Å². The third-order valence-corrected chi connectivity index (χ3v) is 3.09. The van der Waals surface area contributed by atoms with Crippen molar-refractivity contribution in [3.63, 3.8) is 0 Å². The number of rotatable bonds is 3. The molecule has 0 fully saturated rings. The van der Waals surface area contributed by atoms with Crippen LogP contribution < -0.4 is 0 Å². The van der Waals surface area contributed by atoms with Crippen LogP contribution in [0.3, 0.4) is 0 Å². The number of carboxylic acid groups (broad SMARTS) is 1. The molecule has 1 aromatic rings. The Bertz CT molecular complexity index is 396. The molecule has 2 nitrogen and oxygen atoms in total. The maximum atomic E-state index is 13.2. The average Bonchev–Trinajstić information content (AvgIpc) is 2.17. The second-order valence-electron chi connectivity index (χ2n) is 2.70. The van der Waals surface area contributed by atoms with Gasteiger partial charge in [0.1, 0.15) is 0 Å². The van der Waals surface area contributed by atoms with Crippen LogP contribution >= 0.6 is 23.4 Å². The third kappa shape index (κ3) is 2.23. The van der Waals surface area contributed by atoms with E-state index in [4.69, 9.17) is 16.7 Å². The predicted octanol–water partition coefficient (Wildman–Crippen LogP) is 3.24. The van der Waals surface area contributed by atoms with Crippen molar-refractivity contribution in [2.45, 2.75) is 10.8 Å². The first kappa shape index (κ1) is 12.3. The minimum Gasteiger partial charge on any atom is -0.477 e. The van der Waals surface area contributed by atoms with E-state index < -0.39 is 17.5 Å². The van der Waals surface area contributed by atoms with E-state index in [1.807, 2.05) is 0 Å². The number of alkyl halides is 2. The minimum absolute atomic E-state index is 0.211. The second-order valence-corrected chi connectivity index (χ2v) is 3.93. The van der Waals surface area contributed by atoms with Crippen LogP contribution in [0.15, 0.2) is 23.1 Å². The summed E-state index contributed by atoms with van der Waals surface area (Å²) in [5.74, 6) is -6.16. The molecule has 0 unspecified atom stereocenters. The summed E-state index contributed by atoms with van der Waals surface area (Å²) in [5.41, 5.74) is -0.677. The Morgan fingerprint density at radius 1 is 1.53 bits per heavy atom. The Morgan fingerprint density at radius 3 is 2.60 bits per heavy atom. The van der Waals surface area contributed by atoms with E-state index in [9.17, 15) is 13.6 Å². The summed E-state index contributed by atoms with van der Waals surface area (Å²) in [7, 11) is 0. The van der Waals surface area contributed by atoms with Gasteiger partial charge in [-0.1, -0.05) is 23.7 Å². The lowest BCUT2D eigenvalue weighted by molar-refractivity contribution is -0.166. The summed E-state index contributed by atoms with van der Waals surface area (Å²) in [6.07, 6.45) is 1.67. The van der Waals surface area contributed by atoms with Gasteiger partial charge in [-0.15, -0.1) is 11.8 Å². The number of benzene rings is 1. The molecular formula is C9H7ClF2O2S. The maximum absolute atomic E-state index is 13.2. The zero-order chi connectivity index (χ0) is 11.6. The lowest BCUT2D eigenvalue weighted by Crippen LogP contribution is -2.25. The normalized spacial score (nSPS) is 11.5. The van der Waals surface area contributed by atoms with Gasteiger partial charge in [0.15, 0.2) is 0 Å². The molecule has 0 saturated heterocycles. The van der Waals surface area contributed by atoms with Gasteiger partial charge in [0.25, 0.3) is 0 Å². The Morgan fingerprint density at radius 2 is 2.13 bits per heavy atom. The molecule has 0 radical (unpaired) electrons. The summed E-state index contributed by atoms with van der Waals surface area (Å²) in [6.45, 7) is 0. The third-order valence-electron chi connectivity index (χ3n) is 1.79. The molecule has 0 aliphatic carbocycles. The van der Waals surface area contributed by atoms with Gasteiger partial charge < -0.3 is 5.11 Å². The zero-order valence-electron chi connectivity index (χ0n) is 7.63. The zero-order valence-corrected chi connectivity index (χ0v) is 9.20. The summed E-state index contributed by atoms with van der Waals surface area (Å²) in [6, 6.07) is 3.91. The number of hydrogen-bond acceptors (Lipinski definition) is 2. The molecule has 82 valence electrons. The van der Waals surface area contributed by atoms with Gasteiger partial charge >= 0.3 is 11.9 Å². The highest BCUT2D eigenvalue weighted by Crippen LogP contribution is 2.38. The molecule has 0 bridgehead atoms. The summed E-state index contributed by atoms with van der Waals surface area (Å²) in [5, 5.41) is 8.16. The fourth-order valence-corrected chi connectivity index (χ4v) is 2.01. The molecule has 0 saturated carbocycles. The maximum Gasteiger partial charge on any atom is 0.379 e. The van der Waals surface area contributed by atoms with Crippen LogP contribution in [0.4, 0.5) is 8.78 Å². The van der Waals surface area contributed by atoms with Crippen LogP contribution in [-0.2, 0) is 10.7 Å².